The van der Waals surface area contributed by atoms with Gasteiger partial charge in [0.25, 0.3) is 5.56 Å². The van der Waals surface area contributed by atoms with Gasteiger partial charge in [-0.3, -0.25) is 19.1 Å². The second-order valence-corrected chi connectivity index (χ2v) is 6.11. The smallest absolute Gasteiger partial charge is 0.330 e. The van der Waals surface area contributed by atoms with Crippen LogP contribution in [0.3, 0.4) is 0 Å². The first-order valence-corrected chi connectivity index (χ1v) is 8.87. The maximum Gasteiger partial charge on any atom is 0.330 e. The van der Waals surface area contributed by atoms with Crippen LogP contribution < -0.4 is 16.6 Å². The number of azide groups is 1. The van der Waals surface area contributed by atoms with Crippen LogP contribution in [0.25, 0.3) is 10.4 Å². The fraction of sp³-hybridized carbons (Fsp3) is 0.588. The number of H-pyrrole nitrogens is 1. The van der Waals surface area contributed by atoms with Crippen LogP contribution in [0.5, 0.6) is 0 Å². The molecule has 0 radical (unpaired) electrons. The third-order valence-electron chi connectivity index (χ3n) is 4.07. The molecule has 0 aromatic carbocycles. The molecule has 1 saturated heterocycles. The number of hydrogen-bond acceptors (Lipinski definition) is 8. The summed E-state index contributed by atoms with van der Waals surface area (Å²) in [5.41, 5.74) is 7.08. The maximum absolute atomic E-state index is 12.3. The number of nitrogens with zero attached hydrogens (tertiary/aromatic N) is 4. The van der Waals surface area contributed by atoms with Gasteiger partial charge in [0.1, 0.15) is 31.2 Å². The Balaban J connectivity index is 2.16. The first-order chi connectivity index (χ1) is 14.5. The lowest BCUT2D eigenvalue weighted by atomic mass is 10.2. The second-order valence-electron chi connectivity index (χ2n) is 6.11. The number of rotatable bonds is 9. The molecule has 1 aliphatic rings. The highest BCUT2D eigenvalue weighted by Gasteiger charge is 2.37. The molecule has 0 saturated carbocycles. The van der Waals surface area contributed by atoms with Crippen LogP contribution in [0.2, 0.25) is 0 Å². The van der Waals surface area contributed by atoms with Gasteiger partial charge >= 0.3 is 5.69 Å². The van der Waals surface area contributed by atoms with Gasteiger partial charge in [-0.05, 0) is 5.53 Å². The Bertz CT molecular complexity index is 956. The molecule has 3 unspecified atom stereocenters. The van der Waals surface area contributed by atoms with E-state index in [0.717, 1.165) is 0 Å². The number of ether oxygens (including phenoxy) is 4. The van der Waals surface area contributed by atoms with Gasteiger partial charge < -0.3 is 24.3 Å². The molecule has 2 N–H and O–H groups in total. The number of amides is 1. The van der Waals surface area contributed by atoms with Crippen LogP contribution >= 0.6 is 0 Å². The van der Waals surface area contributed by atoms with Gasteiger partial charge in [-0.25, -0.2) is 4.79 Å². The van der Waals surface area contributed by atoms with Crippen molar-refractivity contribution < 1.29 is 23.7 Å². The molecule has 30 heavy (non-hydrogen) atoms. The summed E-state index contributed by atoms with van der Waals surface area (Å²) in [6, 6.07) is 0. The number of hydrogen-bond donors (Lipinski definition) is 2. The van der Waals surface area contributed by atoms with Crippen molar-refractivity contribution in [3.8, 4) is 11.8 Å². The number of carbonyl (C=O) groups is 1. The van der Waals surface area contributed by atoms with E-state index in [9.17, 15) is 14.4 Å². The van der Waals surface area contributed by atoms with Crippen LogP contribution in [0.15, 0.2) is 20.9 Å². The molecule has 1 fully saturated rings. The summed E-state index contributed by atoms with van der Waals surface area (Å²) < 4.78 is 22.3. The van der Waals surface area contributed by atoms with E-state index in [-0.39, 0.29) is 44.4 Å². The number of aromatic nitrogens is 2. The van der Waals surface area contributed by atoms with E-state index in [1.54, 1.807) is 0 Å². The SMILES string of the molecule is COCC(=O)NCC#Cc1cn(C2CC(OCN=[N+]=[N-])C(COC)O2)c(=O)[nH]c1=O. The van der Waals surface area contributed by atoms with Crippen LogP contribution in [0.1, 0.15) is 18.2 Å². The molecular weight excluding hydrogens is 400 g/mol. The Labute approximate surface area is 170 Å². The standard InChI is InChI=1S/C17H22N6O7/c1-27-8-13-12(29-10-20-22-18)6-15(30-13)23-7-11(16(25)21-17(23)26)4-3-5-19-14(24)9-28-2/h7,12-13,15H,5-6,8-10H2,1-2H3,(H,19,24)(H,21,25,26). The van der Waals surface area contributed by atoms with Crippen LogP contribution in [-0.2, 0) is 23.7 Å². The average molecular weight is 422 g/mol. The lowest BCUT2D eigenvalue weighted by molar-refractivity contribution is -0.124. The van der Waals surface area contributed by atoms with Crippen molar-refractivity contribution >= 4 is 5.91 Å². The van der Waals surface area contributed by atoms with E-state index < -0.39 is 29.7 Å². The van der Waals surface area contributed by atoms with Crippen LogP contribution in [0.4, 0.5) is 0 Å². The fourth-order valence-corrected chi connectivity index (χ4v) is 2.77. The topological polar surface area (TPSA) is 170 Å². The van der Waals surface area contributed by atoms with Crippen molar-refractivity contribution in [2.45, 2.75) is 24.9 Å². The Hall–Kier alpha value is -3.14. The van der Waals surface area contributed by atoms with E-state index in [0.29, 0.717) is 0 Å². The van der Waals surface area contributed by atoms with Gasteiger partial charge in [0.2, 0.25) is 5.91 Å². The highest BCUT2D eigenvalue weighted by atomic mass is 16.6. The van der Waals surface area contributed by atoms with Gasteiger partial charge in [0.05, 0.1) is 19.3 Å². The monoisotopic (exact) mass is 422 g/mol. The molecule has 3 atom stereocenters. The minimum absolute atomic E-state index is 0.00588. The zero-order chi connectivity index (χ0) is 21.9. The van der Waals surface area contributed by atoms with Gasteiger partial charge in [-0.2, -0.15) is 0 Å². The molecule has 0 aliphatic carbocycles. The van der Waals surface area contributed by atoms with Crippen molar-refractivity contribution in [2.24, 2.45) is 5.11 Å². The molecule has 1 aromatic heterocycles. The second kappa shape index (κ2) is 11.8. The third kappa shape index (κ3) is 6.45. The van der Waals surface area contributed by atoms with E-state index in [1.165, 1.54) is 25.0 Å². The van der Waals surface area contributed by atoms with E-state index in [2.05, 4.69) is 36.9 Å². The molecule has 162 valence electrons. The summed E-state index contributed by atoms with van der Waals surface area (Å²) in [4.78, 5) is 40.4. The Morgan fingerprint density at radius 2 is 2.27 bits per heavy atom. The van der Waals surface area contributed by atoms with Crippen molar-refractivity contribution in [3.63, 3.8) is 0 Å². The van der Waals surface area contributed by atoms with E-state index >= 15 is 0 Å². The zero-order valence-electron chi connectivity index (χ0n) is 16.5. The summed E-state index contributed by atoms with van der Waals surface area (Å²) in [7, 11) is 2.88. The number of aromatic amines is 1. The predicted molar refractivity (Wildman–Crippen MR) is 102 cm³/mol. The molecular formula is C17H22N6O7. The minimum Gasteiger partial charge on any atom is -0.382 e. The summed E-state index contributed by atoms with van der Waals surface area (Å²) in [6.07, 6.45) is -0.174. The normalized spacial score (nSPS) is 20.1. The quantitative estimate of drug-likeness (QED) is 0.228. The summed E-state index contributed by atoms with van der Waals surface area (Å²) in [5.74, 6) is 4.91. The molecule has 0 spiro atoms. The lowest BCUT2D eigenvalue weighted by Gasteiger charge is -2.17. The summed E-state index contributed by atoms with van der Waals surface area (Å²) in [5, 5.41) is 5.82. The summed E-state index contributed by atoms with van der Waals surface area (Å²) in [6.45, 7) is -0.0868. The largest absolute Gasteiger partial charge is 0.382 e. The van der Waals surface area contributed by atoms with Crippen LogP contribution in [-0.4, -0.2) is 68.4 Å². The Kier molecular flexibility index (Phi) is 9.07. The lowest BCUT2D eigenvalue weighted by Crippen LogP contribution is -2.34. The molecule has 1 aromatic rings. The summed E-state index contributed by atoms with van der Waals surface area (Å²) >= 11 is 0. The highest BCUT2D eigenvalue weighted by Crippen LogP contribution is 2.30. The maximum atomic E-state index is 12.3. The minimum atomic E-state index is -0.743. The van der Waals surface area contributed by atoms with Crippen LogP contribution in [0, 0.1) is 11.8 Å². The van der Waals surface area contributed by atoms with Crippen molar-refractivity contribution in [1.29, 1.82) is 0 Å². The Morgan fingerprint density at radius 3 is 2.97 bits per heavy atom. The molecule has 1 aliphatic heterocycles. The molecule has 2 heterocycles. The number of nitrogens with one attached hydrogen (secondary N) is 2. The highest BCUT2D eigenvalue weighted by molar-refractivity contribution is 5.77. The van der Waals surface area contributed by atoms with Crippen molar-refractivity contribution in [3.05, 3.63) is 43.0 Å². The predicted octanol–water partition coefficient (Wildman–Crippen LogP) is -0.762. The first-order valence-electron chi connectivity index (χ1n) is 8.87. The number of carbonyl (C=O) groups excluding carboxylic acids is 1. The Morgan fingerprint density at radius 1 is 1.47 bits per heavy atom. The van der Waals surface area contributed by atoms with E-state index in [4.69, 9.17) is 19.7 Å². The average Bonchev–Trinajstić information content (AvgIpc) is 3.10. The van der Waals surface area contributed by atoms with Gasteiger partial charge in [-0.1, -0.05) is 17.0 Å². The molecule has 0 bridgehead atoms. The molecule has 13 nitrogen and oxygen atoms in total. The fourth-order valence-electron chi connectivity index (χ4n) is 2.77. The molecule has 1 amide bonds. The molecule has 2 rings (SSSR count). The van der Waals surface area contributed by atoms with Gasteiger partial charge in [0.15, 0.2) is 0 Å². The molecule has 13 heteroatoms. The first kappa shape index (κ1) is 23.1. The zero-order valence-corrected chi connectivity index (χ0v) is 16.5. The van der Waals surface area contributed by atoms with E-state index in [1.807, 2.05) is 0 Å². The van der Waals surface area contributed by atoms with Crippen molar-refractivity contribution in [2.75, 3.05) is 40.7 Å². The van der Waals surface area contributed by atoms with Gasteiger partial charge in [0, 0.05) is 31.7 Å². The number of methoxy groups -OCH3 is 2. The third-order valence-corrected chi connectivity index (χ3v) is 4.07. The van der Waals surface area contributed by atoms with Crippen molar-refractivity contribution in [1.82, 2.24) is 14.9 Å². The van der Waals surface area contributed by atoms with Gasteiger partial charge in [-0.15, -0.1) is 0 Å².